The fourth-order valence-electron chi connectivity index (χ4n) is 12.6. The molecule has 6 aliphatic rings. The molecule has 0 aliphatic heterocycles. The largest absolute Gasteiger partial charge is 1.00 e. The number of aliphatic carboxylic acids is 1. The Morgan fingerprint density at radius 1 is 0.646 bits per heavy atom. The molecule has 2 unspecified atom stereocenters. The first-order valence-corrected chi connectivity index (χ1v) is 31.5. The third-order valence-corrected chi connectivity index (χ3v) is 17.5. The fourth-order valence-corrected chi connectivity index (χ4v) is 12.7. The summed E-state index contributed by atoms with van der Waals surface area (Å²) in [5, 5.41) is 74.8. The number of halogens is 3. The SMILES string of the molecule is C.CC(=O)OCOC(=O)N(c1cc(C#N)c2ncc(C#N)c(NCC(C)(C)C)c2c1)C(c1cn(C23CC(C2)C3)nn1)c1ccc(F)nc1C.CC(=O)[O-].Cc1nc(F)ccc1C(c1cn(C23CC(C2)C3)nn1)N(C(=O)OCCl)c1cc(C#N)c2ncc(C#N)c(NCC(C)(C)C)c2c1.[K+]. The summed E-state index contributed by atoms with van der Waals surface area (Å²) in [6.07, 6.45) is 10.6. The molecule has 99 heavy (non-hydrogen) atoms. The summed E-state index contributed by atoms with van der Waals surface area (Å²) in [4.78, 5) is 67.9. The number of fused-ring (bicyclic) bond motifs is 2. The minimum Gasteiger partial charge on any atom is -0.550 e. The van der Waals surface area contributed by atoms with Crippen LogP contribution in [0.4, 0.5) is 41.1 Å². The van der Waals surface area contributed by atoms with Crippen LogP contribution in [0, 0.1) is 93.7 Å². The molecule has 4 bridgehead atoms. The maximum Gasteiger partial charge on any atom is 1.00 e. The number of benzene rings is 2. The number of carbonyl (C=O) groups excluding carboxylic acids is 4. The van der Waals surface area contributed by atoms with Gasteiger partial charge in [0.2, 0.25) is 18.7 Å². The second-order valence-electron chi connectivity index (χ2n) is 27.1. The summed E-state index contributed by atoms with van der Waals surface area (Å²) < 4.78 is 48.0. The average Bonchev–Trinajstić information content (AvgIpc) is 1.71. The smallest absolute Gasteiger partial charge is 0.550 e. The predicted molar refractivity (Wildman–Crippen MR) is 353 cm³/mol. The van der Waals surface area contributed by atoms with Crippen molar-refractivity contribution in [1.82, 2.24) is 49.9 Å². The number of carboxylic acids is 1. The van der Waals surface area contributed by atoms with Crippen LogP contribution >= 0.6 is 11.6 Å². The second kappa shape index (κ2) is 30.4. The fraction of sp³-hybridized carbons (Fsp3) is 0.420. The molecule has 26 nitrogen and oxygen atoms in total. The average molecular weight is 1390 g/mol. The van der Waals surface area contributed by atoms with Crippen molar-refractivity contribution < 1.29 is 98.7 Å². The van der Waals surface area contributed by atoms with Gasteiger partial charge in [-0.3, -0.25) is 24.6 Å². The molecule has 6 aliphatic carbocycles. The Morgan fingerprint density at radius 2 is 1.02 bits per heavy atom. The summed E-state index contributed by atoms with van der Waals surface area (Å²) in [6, 6.07) is 17.9. The first-order chi connectivity index (χ1) is 46.0. The number of rotatable bonds is 17. The normalized spacial score (nSPS) is 17.9. The number of carboxylic acid groups (broad SMARTS) is 1. The topological polar surface area (TPSA) is 358 Å². The molecule has 0 spiro atoms. The van der Waals surface area contributed by atoms with E-state index in [-0.39, 0.29) is 120 Å². The van der Waals surface area contributed by atoms with Gasteiger partial charge in [-0.25, -0.2) is 28.9 Å². The van der Waals surface area contributed by atoms with Crippen LogP contribution in [0.3, 0.4) is 0 Å². The van der Waals surface area contributed by atoms with Gasteiger partial charge in [0.1, 0.15) is 47.7 Å². The molecule has 0 radical (unpaired) electrons. The Labute approximate surface area is 618 Å². The third kappa shape index (κ3) is 16.1. The minimum atomic E-state index is -1.08. The zero-order chi connectivity index (χ0) is 70.1. The number of nitriles is 4. The van der Waals surface area contributed by atoms with Crippen molar-refractivity contribution in [3.8, 4) is 24.3 Å². The molecule has 2 aromatic carbocycles. The number of anilines is 4. The zero-order valence-corrected chi connectivity index (χ0v) is 59.7. The van der Waals surface area contributed by atoms with Crippen LogP contribution in [0.25, 0.3) is 21.8 Å². The van der Waals surface area contributed by atoms with Crippen molar-refractivity contribution in [2.75, 3.05) is 46.4 Å². The Morgan fingerprint density at radius 3 is 1.33 bits per heavy atom. The van der Waals surface area contributed by atoms with Crippen molar-refractivity contribution in [3.63, 3.8) is 0 Å². The van der Waals surface area contributed by atoms with E-state index in [1.165, 1.54) is 59.4 Å². The molecular formula is C69H72ClF2KN18O8. The molecule has 30 heteroatoms. The number of aromatic nitrogens is 10. The van der Waals surface area contributed by atoms with Crippen LogP contribution in [0.5, 0.6) is 0 Å². The summed E-state index contributed by atoms with van der Waals surface area (Å²) in [7, 11) is 0. The predicted octanol–water partition coefficient (Wildman–Crippen LogP) is 8.34. The number of carbonyl (C=O) groups is 4. The van der Waals surface area contributed by atoms with Gasteiger partial charge in [-0.05, 0) is 118 Å². The monoisotopic (exact) mass is 1390 g/mol. The van der Waals surface area contributed by atoms with Gasteiger partial charge in [-0.2, -0.15) is 29.8 Å². The van der Waals surface area contributed by atoms with E-state index in [0.29, 0.717) is 86.3 Å². The molecule has 6 heterocycles. The van der Waals surface area contributed by atoms with Crippen LogP contribution in [0.1, 0.15) is 170 Å². The van der Waals surface area contributed by atoms with E-state index in [1.54, 1.807) is 38.2 Å². The van der Waals surface area contributed by atoms with Crippen LogP contribution in [-0.4, -0.2) is 100.0 Å². The van der Waals surface area contributed by atoms with E-state index in [4.69, 9.17) is 35.7 Å². The number of pyridine rings is 4. The van der Waals surface area contributed by atoms with E-state index in [2.05, 4.69) is 96.2 Å². The van der Waals surface area contributed by atoms with E-state index >= 15 is 0 Å². The quantitative estimate of drug-likeness (QED) is 0.0284. The number of nitrogens with one attached hydrogen (secondary N) is 2. The number of hydrogen-bond acceptors (Lipinski definition) is 22. The van der Waals surface area contributed by atoms with Crippen LogP contribution in [0.15, 0.2) is 73.3 Å². The van der Waals surface area contributed by atoms with E-state index in [9.17, 15) is 44.2 Å². The van der Waals surface area contributed by atoms with Crippen molar-refractivity contribution in [3.05, 3.63) is 141 Å². The molecule has 6 aromatic heterocycles. The molecule has 0 saturated heterocycles. The van der Waals surface area contributed by atoms with Crippen LogP contribution in [0.2, 0.25) is 0 Å². The summed E-state index contributed by atoms with van der Waals surface area (Å²) >= 11 is 5.90. The molecular weight excluding hydrogens is 1320 g/mol. The van der Waals surface area contributed by atoms with Gasteiger partial charge in [0, 0.05) is 71.7 Å². The van der Waals surface area contributed by atoms with Gasteiger partial charge in [0.15, 0.2) is 6.07 Å². The number of aryl methyl sites for hydroxylation is 2. The number of hydrogen-bond donors (Lipinski definition) is 2. The number of alkyl halides is 1. The third-order valence-electron chi connectivity index (χ3n) is 17.4. The Bertz CT molecular complexity index is 4580. The molecule has 6 saturated carbocycles. The minimum absolute atomic E-state index is 0. The van der Waals surface area contributed by atoms with Crippen molar-refractivity contribution in [1.29, 1.82) is 21.0 Å². The number of esters is 1. The maximum absolute atomic E-state index is 14.3. The van der Waals surface area contributed by atoms with Crippen LogP contribution < -0.4 is 76.9 Å². The van der Waals surface area contributed by atoms with Crippen molar-refractivity contribution >= 4 is 80.3 Å². The molecule has 6 fully saturated rings. The van der Waals surface area contributed by atoms with Crippen molar-refractivity contribution in [2.45, 2.75) is 138 Å². The van der Waals surface area contributed by atoms with Gasteiger partial charge in [0.05, 0.1) is 79.5 Å². The zero-order valence-electron chi connectivity index (χ0n) is 55.9. The van der Waals surface area contributed by atoms with Gasteiger partial charge in [0.25, 0.3) is 0 Å². The summed E-state index contributed by atoms with van der Waals surface area (Å²) in [5.74, 6) is -1.77. The number of nitrogens with zero attached hydrogens (tertiary/aromatic N) is 16. The first kappa shape index (κ1) is 75.4. The first-order valence-electron chi connectivity index (χ1n) is 30.9. The molecule has 2 atom stereocenters. The number of amides is 2. The van der Waals surface area contributed by atoms with Crippen LogP contribution in [-0.2, 0) is 34.9 Å². The van der Waals surface area contributed by atoms with E-state index in [1.807, 2.05) is 36.3 Å². The molecule has 14 rings (SSSR count). The molecule has 508 valence electrons. The molecule has 2 N–H and O–H groups in total. The van der Waals surface area contributed by atoms with Gasteiger partial charge < -0.3 is 34.7 Å². The Hall–Kier alpha value is -9.33. The van der Waals surface area contributed by atoms with Crippen molar-refractivity contribution in [2.24, 2.45) is 22.7 Å². The maximum atomic E-state index is 14.3. The molecule has 8 aromatic rings. The molecule has 2 amide bonds. The Balaban J connectivity index is 0.000000235. The summed E-state index contributed by atoms with van der Waals surface area (Å²) in [5.41, 5.74) is 4.54. The van der Waals surface area contributed by atoms with E-state index in [0.717, 1.165) is 45.4 Å². The number of ether oxygens (including phenoxy) is 3. The van der Waals surface area contributed by atoms with Gasteiger partial charge >= 0.3 is 69.5 Å². The standard InChI is InChI=1S/C34H34FN9O4.C32H31ClFN9O2.C2H4O2.CH4.K/c1-19-25(6-7-28(35)40-19)31(27-16-43(42-41-27)34-10-21(11-34)12-34)44(32(46)48-18-47-20(2)45)24-8-22(13-36)29-26(9-24)30(23(14-37)15-38-29)39-17-33(3,4)5;1-18-23(5-6-26(34)39-18)29(25-15-42(41-40-25)32-9-19(10-32)11-32)43(30(44)45-17-33)22-7-20(12-35)27-24(8-22)28(21(13-36)14-37-27)38-16-31(2,3)4;1-2(3)4;;/h6-9,15-16,21,31H,10-12,17-18H2,1-5H3,(H,38,39);5-8,14-15,19,29H,9-11,16-17H2,1-4H3,(H,37,38);1H3,(H,3,4);1H4;/q;;;;+1/p-1. The second-order valence-corrected chi connectivity index (χ2v) is 27.3. The van der Waals surface area contributed by atoms with Gasteiger partial charge in [-0.1, -0.05) is 83.1 Å². The van der Waals surface area contributed by atoms with E-state index < -0.39 is 61.0 Å². The summed E-state index contributed by atoms with van der Waals surface area (Å²) in [6.45, 7) is 18.0. The van der Waals surface area contributed by atoms with Gasteiger partial charge in [-0.15, -0.1) is 10.2 Å². The Kier molecular flexibility index (Phi) is 23.2.